The molecule has 0 aromatic heterocycles. The van der Waals surface area contributed by atoms with Gasteiger partial charge in [-0.15, -0.1) is 0 Å². The lowest BCUT2D eigenvalue weighted by molar-refractivity contribution is 0.272. The van der Waals surface area contributed by atoms with E-state index in [0.29, 0.717) is 17.9 Å². The summed E-state index contributed by atoms with van der Waals surface area (Å²) in [6.07, 6.45) is 0.507. The highest BCUT2D eigenvalue weighted by atomic mass is 32.1. The summed E-state index contributed by atoms with van der Waals surface area (Å²) in [7, 11) is 3.15. The van der Waals surface area contributed by atoms with Crippen LogP contribution in [0.1, 0.15) is 18.0 Å². The lowest BCUT2D eigenvalue weighted by Gasteiger charge is -2.19. The Hall–Kier alpha value is -1.53. The molecule has 4 N–H and O–H groups in total. The Labute approximate surface area is 112 Å². The van der Waals surface area contributed by atoms with Gasteiger partial charge >= 0.3 is 0 Å². The molecular weight excluding hydrogens is 252 g/mol. The van der Waals surface area contributed by atoms with Crippen molar-refractivity contribution in [3.8, 4) is 11.5 Å². The predicted molar refractivity (Wildman–Crippen MR) is 73.9 cm³/mol. The fourth-order valence-electron chi connectivity index (χ4n) is 1.69. The SMILES string of the molecule is COc1ccc([C@@H](CCO)NC(N)=S)cc1OC. The predicted octanol–water partition coefficient (Wildman–Crippen LogP) is 0.961. The van der Waals surface area contributed by atoms with Gasteiger partial charge in [0.1, 0.15) is 0 Å². The maximum atomic E-state index is 9.06. The first-order chi connectivity index (χ1) is 8.62. The molecule has 0 amide bonds. The van der Waals surface area contributed by atoms with Gasteiger partial charge in [0.05, 0.1) is 20.3 Å². The average molecular weight is 270 g/mol. The zero-order valence-electron chi connectivity index (χ0n) is 10.5. The summed E-state index contributed by atoms with van der Waals surface area (Å²) in [4.78, 5) is 0. The molecule has 0 unspecified atom stereocenters. The van der Waals surface area contributed by atoms with Crippen molar-refractivity contribution in [2.75, 3.05) is 20.8 Å². The molecule has 1 atom stereocenters. The summed E-state index contributed by atoms with van der Waals surface area (Å²) in [6.45, 7) is 0.0363. The molecule has 0 radical (unpaired) electrons. The van der Waals surface area contributed by atoms with E-state index in [1.807, 2.05) is 12.1 Å². The molecule has 0 aliphatic heterocycles. The standard InChI is InChI=1S/C12H18N2O3S/c1-16-10-4-3-8(7-11(10)17-2)9(5-6-15)14-12(13)18/h3-4,7,9,15H,5-6H2,1-2H3,(H3,13,14,18)/t9-/m1/s1. The summed E-state index contributed by atoms with van der Waals surface area (Å²) in [5.41, 5.74) is 6.40. The molecule has 0 saturated carbocycles. The highest BCUT2D eigenvalue weighted by molar-refractivity contribution is 7.80. The molecule has 1 rings (SSSR count). The van der Waals surface area contributed by atoms with Gasteiger partial charge in [0.25, 0.3) is 0 Å². The minimum Gasteiger partial charge on any atom is -0.493 e. The molecule has 5 nitrogen and oxygen atoms in total. The molecular formula is C12H18N2O3S. The highest BCUT2D eigenvalue weighted by Crippen LogP contribution is 2.30. The Morgan fingerprint density at radius 3 is 2.56 bits per heavy atom. The van der Waals surface area contributed by atoms with Crippen molar-refractivity contribution in [2.45, 2.75) is 12.5 Å². The maximum Gasteiger partial charge on any atom is 0.164 e. The van der Waals surface area contributed by atoms with Gasteiger partial charge < -0.3 is 25.6 Å². The summed E-state index contributed by atoms with van der Waals surface area (Å²) in [5.74, 6) is 1.28. The van der Waals surface area contributed by atoms with E-state index in [2.05, 4.69) is 5.32 Å². The van der Waals surface area contributed by atoms with Crippen LogP contribution in [0.5, 0.6) is 11.5 Å². The Balaban J connectivity index is 3.00. The second kappa shape index (κ2) is 7.03. The number of methoxy groups -OCH3 is 2. The van der Waals surface area contributed by atoms with Crippen LogP contribution in [-0.4, -0.2) is 31.0 Å². The highest BCUT2D eigenvalue weighted by Gasteiger charge is 2.14. The van der Waals surface area contributed by atoms with Crippen LogP contribution >= 0.6 is 12.2 Å². The van der Waals surface area contributed by atoms with Crippen molar-refractivity contribution in [3.63, 3.8) is 0 Å². The molecule has 6 heteroatoms. The first-order valence-electron chi connectivity index (χ1n) is 5.51. The molecule has 0 heterocycles. The second-order valence-corrected chi connectivity index (χ2v) is 4.13. The van der Waals surface area contributed by atoms with Crippen molar-refractivity contribution in [1.29, 1.82) is 0 Å². The molecule has 0 bridgehead atoms. The lowest BCUT2D eigenvalue weighted by Crippen LogP contribution is -2.33. The number of nitrogens with one attached hydrogen (secondary N) is 1. The third kappa shape index (κ3) is 3.75. The first kappa shape index (κ1) is 14.5. The van der Waals surface area contributed by atoms with E-state index in [-0.39, 0.29) is 17.8 Å². The number of thiocarbonyl (C=S) groups is 1. The van der Waals surface area contributed by atoms with E-state index in [0.717, 1.165) is 5.56 Å². The van der Waals surface area contributed by atoms with Gasteiger partial charge in [-0.05, 0) is 36.3 Å². The van der Waals surface area contributed by atoms with E-state index < -0.39 is 0 Å². The van der Waals surface area contributed by atoms with Crippen molar-refractivity contribution < 1.29 is 14.6 Å². The summed E-state index contributed by atoms with van der Waals surface area (Å²) in [5, 5.41) is 12.2. The van der Waals surface area contributed by atoms with Crippen LogP contribution in [0.3, 0.4) is 0 Å². The minimum absolute atomic E-state index is 0.0363. The third-order valence-electron chi connectivity index (χ3n) is 2.54. The quantitative estimate of drug-likeness (QED) is 0.668. The van der Waals surface area contributed by atoms with E-state index in [1.54, 1.807) is 20.3 Å². The smallest absolute Gasteiger partial charge is 0.164 e. The third-order valence-corrected chi connectivity index (χ3v) is 2.66. The van der Waals surface area contributed by atoms with Gasteiger partial charge in [0.15, 0.2) is 16.6 Å². The monoisotopic (exact) mass is 270 g/mol. The van der Waals surface area contributed by atoms with Gasteiger partial charge in [0, 0.05) is 6.61 Å². The van der Waals surface area contributed by atoms with E-state index in [9.17, 15) is 0 Å². The zero-order valence-corrected chi connectivity index (χ0v) is 11.3. The summed E-state index contributed by atoms with van der Waals surface area (Å²) < 4.78 is 10.4. The second-order valence-electron chi connectivity index (χ2n) is 3.69. The van der Waals surface area contributed by atoms with Crippen LogP contribution in [0.2, 0.25) is 0 Å². The van der Waals surface area contributed by atoms with Crippen molar-refractivity contribution in [3.05, 3.63) is 23.8 Å². The molecule has 0 aliphatic rings. The number of aliphatic hydroxyl groups is 1. The fraction of sp³-hybridized carbons (Fsp3) is 0.417. The Morgan fingerprint density at radius 1 is 1.39 bits per heavy atom. The zero-order chi connectivity index (χ0) is 13.5. The van der Waals surface area contributed by atoms with Crippen LogP contribution in [0.4, 0.5) is 0 Å². The number of rotatable bonds is 6. The molecule has 1 aromatic rings. The fourth-order valence-corrected chi connectivity index (χ4v) is 1.83. The number of hydrogen-bond acceptors (Lipinski definition) is 4. The van der Waals surface area contributed by atoms with Gasteiger partial charge in [-0.1, -0.05) is 6.07 Å². The Morgan fingerprint density at radius 2 is 2.06 bits per heavy atom. The average Bonchev–Trinajstić information content (AvgIpc) is 2.37. The van der Waals surface area contributed by atoms with Crippen LogP contribution in [0.25, 0.3) is 0 Å². The van der Waals surface area contributed by atoms with Crippen LogP contribution in [0, 0.1) is 0 Å². The van der Waals surface area contributed by atoms with Crippen LogP contribution in [-0.2, 0) is 0 Å². The lowest BCUT2D eigenvalue weighted by atomic mass is 10.0. The normalized spacial score (nSPS) is 11.7. The molecule has 0 aliphatic carbocycles. The molecule has 0 fully saturated rings. The van der Waals surface area contributed by atoms with E-state index in [4.69, 9.17) is 32.5 Å². The van der Waals surface area contributed by atoms with Crippen molar-refractivity contribution >= 4 is 17.3 Å². The van der Waals surface area contributed by atoms with Crippen molar-refractivity contribution in [2.24, 2.45) is 5.73 Å². The Kier molecular flexibility index (Phi) is 5.67. The molecule has 18 heavy (non-hydrogen) atoms. The van der Waals surface area contributed by atoms with Gasteiger partial charge in [0.2, 0.25) is 0 Å². The van der Waals surface area contributed by atoms with E-state index in [1.165, 1.54) is 0 Å². The maximum absolute atomic E-state index is 9.06. The topological polar surface area (TPSA) is 76.7 Å². The van der Waals surface area contributed by atoms with Crippen LogP contribution in [0.15, 0.2) is 18.2 Å². The van der Waals surface area contributed by atoms with Gasteiger partial charge in [-0.3, -0.25) is 0 Å². The van der Waals surface area contributed by atoms with Crippen molar-refractivity contribution in [1.82, 2.24) is 5.32 Å². The number of hydrogen-bond donors (Lipinski definition) is 3. The number of ether oxygens (including phenoxy) is 2. The largest absolute Gasteiger partial charge is 0.493 e. The van der Waals surface area contributed by atoms with Gasteiger partial charge in [-0.25, -0.2) is 0 Å². The Bertz CT molecular complexity index is 412. The molecule has 0 saturated heterocycles. The molecule has 100 valence electrons. The summed E-state index contributed by atoms with van der Waals surface area (Å²) >= 11 is 4.82. The van der Waals surface area contributed by atoms with Crippen LogP contribution < -0.4 is 20.5 Å². The summed E-state index contributed by atoms with van der Waals surface area (Å²) in [6, 6.07) is 5.38. The number of nitrogens with two attached hydrogens (primary N) is 1. The van der Waals surface area contributed by atoms with Gasteiger partial charge in [-0.2, -0.15) is 0 Å². The number of benzene rings is 1. The van der Waals surface area contributed by atoms with E-state index >= 15 is 0 Å². The first-order valence-corrected chi connectivity index (χ1v) is 5.92. The molecule has 1 aromatic carbocycles. The minimum atomic E-state index is -0.146. The number of aliphatic hydroxyl groups excluding tert-OH is 1. The molecule has 0 spiro atoms.